The molecule has 0 spiro atoms. The van der Waals surface area contributed by atoms with E-state index in [1.54, 1.807) is 6.20 Å². The molecule has 1 saturated heterocycles. The minimum absolute atomic E-state index is 0.0436. The van der Waals surface area contributed by atoms with E-state index < -0.39 is 0 Å². The first kappa shape index (κ1) is 15.5. The number of aromatic nitrogens is 2. The molecule has 0 bridgehead atoms. The molecule has 1 aromatic heterocycles. The van der Waals surface area contributed by atoms with E-state index in [0.717, 1.165) is 31.5 Å². The monoisotopic (exact) mass is 344 g/mol. The van der Waals surface area contributed by atoms with Crippen LogP contribution in [-0.2, 0) is 6.54 Å². The van der Waals surface area contributed by atoms with Crippen LogP contribution >= 0.6 is 15.9 Å². The maximum absolute atomic E-state index is 12.2. The molecule has 3 N–H and O–H groups in total. The Morgan fingerprint density at radius 1 is 1.60 bits per heavy atom. The van der Waals surface area contributed by atoms with Crippen molar-refractivity contribution in [2.75, 3.05) is 18.1 Å². The van der Waals surface area contributed by atoms with Gasteiger partial charge in [-0.2, -0.15) is 5.10 Å². The number of aliphatic hydroxyl groups excluding tert-OH is 1. The Labute approximate surface area is 126 Å². The molecule has 0 aromatic carbocycles. The smallest absolute Gasteiger partial charge is 0.283 e. The summed E-state index contributed by atoms with van der Waals surface area (Å²) >= 11 is 3.38. The highest BCUT2D eigenvalue weighted by molar-refractivity contribution is 9.10. The molecule has 0 amide bonds. The Kier molecular flexibility index (Phi) is 5.17. The van der Waals surface area contributed by atoms with E-state index in [1.807, 2.05) is 6.92 Å². The summed E-state index contributed by atoms with van der Waals surface area (Å²) in [5.41, 5.74) is 6.65. The molecule has 2 rings (SSSR count). The fourth-order valence-corrected chi connectivity index (χ4v) is 3.25. The van der Waals surface area contributed by atoms with Crippen molar-refractivity contribution in [3.63, 3.8) is 0 Å². The average molecular weight is 345 g/mol. The standard InChI is InChI=1S/C13H21BrN4O2/c1-9(15)10-4-2-3-5-17(10)11-8-16-18(6-7-19)13(20)12(11)14/h8-10,19H,2-7,15H2,1H3. The topological polar surface area (TPSA) is 84.4 Å². The van der Waals surface area contributed by atoms with Gasteiger partial charge in [0.15, 0.2) is 0 Å². The van der Waals surface area contributed by atoms with E-state index in [2.05, 4.69) is 25.9 Å². The lowest BCUT2D eigenvalue weighted by Gasteiger charge is -2.39. The second kappa shape index (κ2) is 6.69. The number of nitrogens with two attached hydrogens (primary N) is 1. The van der Waals surface area contributed by atoms with Crippen LogP contribution in [0.4, 0.5) is 5.69 Å². The van der Waals surface area contributed by atoms with Crippen molar-refractivity contribution in [3.05, 3.63) is 21.0 Å². The molecule has 1 aliphatic rings. The van der Waals surface area contributed by atoms with Gasteiger partial charge in [-0.05, 0) is 42.1 Å². The number of nitrogens with zero attached hydrogens (tertiary/aromatic N) is 3. The molecular weight excluding hydrogens is 324 g/mol. The van der Waals surface area contributed by atoms with Crippen molar-refractivity contribution >= 4 is 21.6 Å². The first-order chi connectivity index (χ1) is 9.56. The fraction of sp³-hybridized carbons (Fsp3) is 0.692. The minimum atomic E-state index is -0.217. The van der Waals surface area contributed by atoms with Crippen LogP contribution in [0.3, 0.4) is 0 Å². The van der Waals surface area contributed by atoms with E-state index in [0.29, 0.717) is 4.47 Å². The van der Waals surface area contributed by atoms with Gasteiger partial charge in [-0.25, -0.2) is 4.68 Å². The summed E-state index contributed by atoms with van der Waals surface area (Å²) in [6.45, 7) is 2.98. The Hall–Kier alpha value is -0.920. The Balaban J connectivity index is 2.36. The number of hydrogen-bond acceptors (Lipinski definition) is 5. The van der Waals surface area contributed by atoms with Gasteiger partial charge in [-0.15, -0.1) is 0 Å². The van der Waals surface area contributed by atoms with E-state index >= 15 is 0 Å². The van der Waals surface area contributed by atoms with Crippen LogP contribution in [0.25, 0.3) is 0 Å². The van der Waals surface area contributed by atoms with Crippen molar-refractivity contribution in [1.82, 2.24) is 9.78 Å². The van der Waals surface area contributed by atoms with Crippen molar-refractivity contribution in [3.8, 4) is 0 Å². The molecule has 112 valence electrons. The van der Waals surface area contributed by atoms with Crippen LogP contribution in [0.15, 0.2) is 15.5 Å². The summed E-state index contributed by atoms with van der Waals surface area (Å²) in [6, 6.07) is 0.275. The van der Waals surface area contributed by atoms with Gasteiger partial charge in [0.2, 0.25) is 0 Å². The molecular formula is C13H21BrN4O2. The number of anilines is 1. The molecule has 6 nitrogen and oxygen atoms in total. The second-order valence-corrected chi connectivity index (χ2v) is 6.00. The van der Waals surface area contributed by atoms with E-state index in [-0.39, 0.29) is 30.8 Å². The predicted molar refractivity (Wildman–Crippen MR) is 81.9 cm³/mol. The number of rotatable bonds is 4. The fourth-order valence-electron chi connectivity index (χ4n) is 2.71. The maximum Gasteiger partial charge on any atom is 0.283 e. The predicted octanol–water partition coefficient (Wildman–Crippen LogP) is 0.704. The van der Waals surface area contributed by atoms with Crippen LogP contribution in [-0.4, -0.2) is 40.1 Å². The Bertz CT molecular complexity index is 518. The summed E-state index contributed by atoms with van der Waals surface area (Å²) in [5, 5.41) is 13.1. The van der Waals surface area contributed by atoms with Crippen LogP contribution < -0.4 is 16.2 Å². The number of aliphatic hydroxyl groups is 1. The minimum Gasteiger partial charge on any atom is -0.394 e. The maximum atomic E-state index is 12.2. The summed E-state index contributed by atoms with van der Waals surface area (Å²) in [7, 11) is 0. The molecule has 2 heterocycles. The molecule has 0 saturated carbocycles. The number of piperidine rings is 1. The molecule has 20 heavy (non-hydrogen) atoms. The van der Waals surface area contributed by atoms with Crippen LogP contribution in [0, 0.1) is 0 Å². The lowest BCUT2D eigenvalue weighted by atomic mass is 9.96. The van der Waals surface area contributed by atoms with Crippen molar-refractivity contribution in [2.45, 2.75) is 44.8 Å². The lowest BCUT2D eigenvalue weighted by molar-refractivity contribution is 0.266. The van der Waals surface area contributed by atoms with Gasteiger partial charge in [0, 0.05) is 18.6 Å². The van der Waals surface area contributed by atoms with Gasteiger partial charge in [0.25, 0.3) is 5.56 Å². The van der Waals surface area contributed by atoms with Crippen molar-refractivity contribution in [2.24, 2.45) is 5.73 Å². The van der Waals surface area contributed by atoms with E-state index in [9.17, 15) is 4.79 Å². The first-order valence-corrected chi connectivity index (χ1v) is 7.74. The summed E-state index contributed by atoms with van der Waals surface area (Å²) < 4.78 is 1.76. The largest absolute Gasteiger partial charge is 0.394 e. The molecule has 1 fully saturated rings. The van der Waals surface area contributed by atoms with Gasteiger partial charge >= 0.3 is 0 Å². The third-order valence-electron chi connectivity index (χ3n) is 3.74. The van der Waals surface area contributed by atoms with Crippen LogP contribution in [0.1, 0.15) is 26.2 Å². The zero-order chi connectivity index (χ0) is 14.7. The van der Waals surface area contributed by atoms with Gasteiger partial charge in [-0.1, -0.05) is 0 Å². The Morgan fingerprint density at radius 2 is 2.35 bits per heavy atom. The molecule has 2 atom stereocenters. The molecule has 1 aromatic rings. The van der Waals surface area contributed by atoms with E-state index in [4.69, 9.17) is 10.8 Å². The van der Waals surface area contributed by atoms with Crippen molar-refractivity contribution in [1.29, 1.82) is 0 Å². The van der Waals surface area contributed by atoms with Gasteiger partial charge in [0.05, 0.1) is 25.0 Å². The van der Waals surface area contributed by atoms with Gasteiger partial charge < -0.3 is 15.7 Å². The highest BCUT2D eigenvalue weighted by Crippen LogP contribution is 2.29. The zero-order valence-corrected chi connectivity index (χ0v) is 13.2. The highest BCUT2D eigenvalue weighted by Gasteiger charge is 2.28. The quantitative estimate of drug-likeness (QED) is 0.839. The van der Waals surface area contributed by atoms with Gasteiger partial charge in [-0.3, -0.25) is 4.79 Å². The molecule has 1 aliphatic heterocycles. The van der Waals surface area contributed by atoms with Gasteiger partial charge in [0.1, 0.15) is 4.47 Å². The summed E-state index contributed by atoms with van der Waals surface area (Å²) in [5.74, 6) is 0. The Morgan fingerprint density at radius 3 is 3.00 bits per heavy atom. The number of halogens is 1. The second-order valence-electron chi connectivity index (χ2n) is 5.21. The van der Waals surface area contributed by atoms with Crippen LogP contribution in [0.5, 0.6) is 0 Å². The number of hydrogen-bond donors (Lipinski definition) is 2. The third kappa shape index (κ3) is 3.05. The van der Waals surface area contributed by atoms with E-state index in [1.165, 1.54) is 4.68 Å². The zero-order valence-electron chi connectivity index (χ0n) is 11.6. The van der Waals surface area contributed by atoms with Crippen LogP contribution in [0.2, 0.25) is 0 Å². The first-order valence-electron chi connectivity index (χ1n) is 6.95. The molecule has 0 aliphatic carbocycles. The average Bonchev–Trinajstić information content (AvgIpc) is 2.44. The summed E-state index contributed by atoms with van der Waals surface area (Å²) in [6.07, 6.45) is 4.97. The third-order valence-corrected chi connectivity index (χ3v) is 4.49. The normalized spacial score (nSPS) is 21.0. The molecule has 7 heteroatoms. The highest BCUT2D eigenvalue weighted by atomic mass is 79.9. The lowest BCUT2D eigenvalue weighted by Crippen LogP contribution is -2.50. The SMILES string of the molecule is CC(N)C1CCCCN1c1cnn(CCO)c(=O)c1Br. The van der Waals surface area contributed by atoms with Crippen molar-refractivity contribution < 1.29 is 5.11 Å². The summed E-state index contributed by atoms with van der Waals surface area (Å²) in [4.78, 5) is 14.4. The molecule has 2 unspecified atom stereocenters. The molecule has 0 radical (unpaired) electrons.